The molecule has 0 aliphatic rings. The molecule has 9 heteroatoms. The lowest BCUT2D eigenvalue weighted by molar-refractivity contribution is 0.0517. The fraction of sp³-hybridized carbons (Fsp3) is 0.389. The Bertz CT molecular complexity index is 1060. The molecule has 0 bridgehead atoms. The maximum Gasteiger partial charge on any atom is 0.294 e. The van der Waals surface area contributed by atoms with Crippen molar-refractivity contribution in [3.63, 3.8) is 0 Å². The zero-order valence-corrected chi connectivity index (χ0v) is 15.6. The fourth-order valence-electron chi connectivity index (χ4n) is 3.02. The molecule has 0 saturated heterocycles. The van der Waals surface area contributed by atoms with E-state index in [0.717, 1.165) is 11.3 Å². The van der Waals surface area contributed by atoms with E-state index in [1.54, 1.807) is 13.2 Å². The van der Waals surface area contributed by atoms with Gasteiger partial charge in [-0.1, -0.05) is 0 Å². The monoisotopic (exact) mass is 374 g/mol. The van der Waals surface area contributed by atoms with Crippen molar-refractivity contribution in [1.29, 1.82) is 0 Å². The zero-order chi connectivity index (χ0) is 19.9. The van der Waals surface area contributed by atoms with Crippen LogP contribution in [0.15, 0.2) is 27.7 Å². The van der Waals surface area contributed by atoms with E-state index in [-0.39, 0.29) is 23.4 Å². The molecule has 1 unspecified atom stereocenters. The molecule has 1 atom stereocenters. The van der Waals surface area contributed by atoms with Crippen molar-refractivity contribution < 1.29 is 19.4 Å². The molecule has 0 spiro atoms. The highest BCUT2D eigenvalue weighted by atomic mass is 16.3. The molecule has 3 aromatic rings. The third kappa shape index (κ3) is 3.38. The molecule has 0 fully saturated rings. The number of aliphatic hydroxyl groups is 2. The van der Waals surface area contributed by atoms with Gasteiger partial charge in [-0.05, 0) is 19.9 Å². The molecule has 144 valence electrons. The number of hydrogen-bond donors (Lipinski definition) is 2. The highest BCUT2D eigenvalue weighted by molar-refractivity contribution is 5.92. The van der Waals surface area contributed by atoms with E-state index in [1.807, 2.05) is 19.9 Å². The van der Waals surface area contributed by atoms with E-state index in [0.29, 0.717) is 11.5 Å². The van der Waals surface area contributed by atoms with Crippen LogP contribution < -0.4 is 5.56 Å². The summed E-state index contributed by atoms with van der Waals surface area (Å²) in [5.74, 6) is 0.974. The first kappa shape index (κ1) is 18.9. The topological polar surface area (TPSA) is 113 Å². The van der Waals surface area contributed by atoms with Crippen molar-refractivity contribution in [2.75, 3.05) is 20.2 Å². The molecule has 0 aliphatic carbocycles. The average molecular weight is 374 g/mol. The van der Waals surface area contributed by atoms with Gasteiger partial charge in [-0.2, -0.15) is 0 Å². The van der Waals surface area contributed by atoms with Crippen molar-refractivity contribution in [2.45, 2.75) is 20.0 Å². The van der Waals surface area contributed by atoms with Crippen LogP contribution in [-0.2, 0) is 7.05 Å². The number of nitrogens with zero attached hydrogens (tertiary/aromatic N) is 4. The summed E-state index contributed by atoms with van der Waals surface area (Å²) >= 11 is 0. The third-order valence-electron chi connectivity index (χ3n) is 4.43. The van der Waals surface area contributed by atoms with Crippen molar-refractivity contribution in [3.8, 4) is 11.3 Å². The Hall–Kier alpha value is -2.91. The molecule has 0 aliphatic heterocycles. The van der Waals surface area contributed by atoms with Gasteiger partial charge in [-0.15, -0.1) is 0 Å². The summed E-state index contributed by atoms with van der Waals surface area (Å²) in [7, 11) is 3.13. The quantitative estimate of drug-likeness (QED) is 0.666. The summed E-state index contributed by atoms with van der Waals surface area (Å²) in [4.78, 5) is 30.6. The van der Waals surface area contributed by atoms with Crippen LogP contribution in [0.1, 0.15) is 22.0 Å². The summed E-state index contributed by atoms with van der Waals surface area (Å²) in [5.41, 5.74) is 1.29. The number of fused-ring (bicyclic) bond motifs is 1. The molecule has 3 aromatic heterocycles. The Morgan fingerprint density at radius 3 is 2.67 bits per heavy atom. The van der Waals surface area contributed by atoms with Crippen LogP contribution in [0.4, 0.5) is 0 Å². The number of furan rings is 1. The van der Waals surface area contributed by atoms with Crippen molar-refractivity contribution in [2.24, 2.45) is 7.05 Å². The second kappa shape index (κ2) is 7.01. The second-order valence-electron chi connectivity index (χ2n) is 6.58. The molecular weight excluding hydrogens is 352 g/mol. The molecule has 9 nitrogen and oxygen atoms in total. The zero-order valence-electron chi connectivity index (χ0n) is 15.6. The number of rotatable bonds is 5. The number of aromatic nitrogens is 3. The van der Waals surface area contributed by atoms with Gasteiger partial charge < -0.3 is 24.1 Å². The first-order valence-electron chi connectivity index (χ1n) is 8.43. The van der Waals surface area contributed by atoms with Crippen LogP contribution in [0, 0.1) is 13.8 Å². The Balaban J connectivity index is 2.06. The first-order valence-corrected chi connectivity index (χ1v) is 8.43. The summed E-state index contributed by atoms with van der Waals surface area (Å²) in [5, 5.41) is 18.4. The number of carbonyl (C=O) groups excluding carboxylic acids is 1. The molecule has 3 rings (SSSR count). The standard InChI is InChI=1S/C18H22N4O5/c1-10-5-13(11(2)27-10)15-8-22-7-14(19-16(22)18(26)21(15)4)17(25)20(3)6-12(24)9-23/h5,7-8,12,23-24H,6,9H2,1-4H3. The molecule has 2 N–H and O–H groups in total. The van der Waals surface area contributed by atoms with Crippen LogP contribution in [-0.4, -0.2) is 61.3 Å². The summed E-state index contributed by atoms with van der Waals surface area (Å²) in [6.45, 7) is 3.16. The van der Waals surface area contributed by atoms with Crippen LogP contribution in [0.3, 0.4) is 0 Å². The predicted octanol–water partition coefficient (Wildman–Crippen LogP) is 0.335. The number of imidazole rings is 1. The minimum Gasteiger partial charge on any atom is -0.466 e. The van der Waals surface area contributed by atoms with Gasteiger partial charge >= 0.3 is 0 Å². The highest BCUT2D eigenvalue weighted by Gasteiger charge is 2.21. The molecular formula is C18H22N4O5. The van der Waals surface area contributed by atoms with Gasteiger partial charge in [0.15, 0.2) is 0 Å². The minimum absolute atomic E-state index is 0.0417. The molecule has 0 radical (unpaired) electrons. The predicted molar refractivity (Wildman–Crippen MR) is 97.7 cm³/mol. The average Bonchev–Trinajstić information content (AvgIpc) is 3.20. The number of aliphatic hydroxyl groups excluding tert-OH is 2. The molecule has 0 saturated carbocycles. The SMILES string of the molecule is Cc1cc(-c2cn3cc(C(=O)N(C)CC(O)CO)nc3c(=O)n2C)c(C)o1. The number of aryl methyl sites for hydroxylation is 2. The van der Waals surface area contributed by atoms with E-state index < -0.39 is 18.6 Å². The van der Waals surface area contributed by atoms with Gasteiger partial charge in [0.2, 0.25) is 5.65 Å². The number of hydrogen-bond acceptors (Lipinski definition) is 6. The van der Waals surface area contributed by atoms with Crippen molar-refractivity contribution in [3.05, 3.63) is 46.0 Å². The summed E-state index contributed by atoms with van der Waals surface area (Å²) < 4.78 is 8.54. The van der Waals surface area contributed by atoms with Crippen LogP contribution in [0.2, 0.25) is 0 Å². The Morgan fingerprint density at radius 1 is 1.37 bits per heavy atom. The fourth-order valence-corrected chi connectivity index (χ4v) is 3.02. The van der Waals surface area contributed by atoms with Crippen LogP contribution in [0.5, 0.6) is 0 Å². The van der Waals surface area contributed by atoms with Gasteiger partial charge in [0.25, 0.3) is 11.5 Å². The van der Waals surface area contributed by atoms with Gasteiger partial charge in [0, 0.05) is 38.6 Å². The van der Waals surface area contributed by atoms with E-state index in [4.69, 9.17) is 9.52 Å². The van der Waals surface area contributed by atoms with E-state index in [1.165, 1.54) is 27.1 Å². The van der Waals surface area contributed by atoms with E-state index >= 15 is 0 Å². The Kier molecular flexibility index (Phi) is 4.90. The molecule has 3 heterocycles. The maximum absolute atomic E-state index is 12.7. The smallest absolute Gasteiger partial charge is 0.294 e. The largest absolute Gasteiger partial charge is 0.466 e. The van der Waals surface area contributed by atoms with Gasteiger partial charge in [0.05, 0.1) is 18.4 Å². The first-order chi connectivity index (χ1) is 12.7. The van der Waals surface area contributed by atoms with Crippen molar-refractivity contribution in [1.82, 2.24) is 18.9 Å². The van der Waals surface area contributed by atoms with Crippen molar-refractivity contribution >= 4 is 11.6 Å². The lowest BCUT2D eigenvalue weighted by Gasteiger charge is -2.18. The lowest BCUT2D eigenvalue weighted by atomic mass is 10.2. The Labute approximate surface area is 155 Å². The molecule has 1 amide bonds. The van der Waals surface area contributed by atoms with Gasteiger partial charge in [-0.3, -0.25) is 14.0 Å². The highest BCUT2D eigenvalue weighted by Crippen LogP contribution is 2.25. The van der Waals surface area contributed by atoms with E-state index in [2.05, 4.69) is 4.98 Å². The van der Waals surface area contributed by atoms with E-state index in [9.17, 15) is 14.7 Å². The van der Waals surface area contributed by atoms with Crippen LogP contribution in [0.25, 0.3) is 16.9 Å². The number of carbonyl (C=O) groups is 1. The summed E-state index contributed by atoms with van der Waals surface area (Å²) in [6.07, 6.45) is 2.16. The van der Waals surface area contributed by atoms with Crippen LogP contribution >= 0.6 is 0 Å². The minimum atomic E-state index is -1.04. The lowest BCUT2D eigenvalue weighted by Crippen LogP contribution is -2.36. The molecule has 27 heavy (non-hydrogen) atoms. The second-order valence-corrected chi connectivity index (χ2v) is 6.58. The number of amides is 1. The maximum atomic E-state index is 12.7. The van der Waals surface area contributed by atoms with Gasteiger partial charge in [0.1, 0.15) is 17.2 Å². The number of likely N-dealkylation sites (N-methyl/N-ethyl adjacent to an activating group) is 1. The third-order valence-corrected chi connectivity index (χ3v) is 4.43. The summed E-state index contributed by atoms with van der Waals surface area (Å²) in [6, 6.07) is 1.85. The Morgan fingerprint density at radius 2 is 2.07 bits per heavy atom. The molecule has 0 aromatic carbocycles. The van der Waals surface area contributed by atoms with Gasteiger partial charge in [-0.25, -0.2) is 4.98 Å². The normalized spacial score (nSPS) is 12.5.